The normalized spacial score (nSPS) is 8.57. The first-order valence-corrected chi connectivity index (χ1v) is 4.02. The van der Waals surface area contributed by atoms with Crippen LogP contribution in [0.4, 0.5) is 0 Å². The van der Waals surface area contributed by atoms with E-state index in [4.69, 9.17) is 0 Å². The second-order valence-electron chi connectivity index (χ2n) is 2.63. The average molecular weight is 188 g/mol. The summed E-state index contributed by atoms with van der Waals surface area (Å²) in [6, 6.07) is 7.32. The van der Waals surface area contributed by atoms with Crippen molar-refractivity contribution in [1.29, 1.82) is 0 Å². The van der Waals surface area contributed by atoms with E-state index in [0.717, 1.165) is 11.1 Å². The van der Waals surface area contributed by atoms with Gasteiger partial charge < -0.3 is 0 Å². The molecule has 0 aliphatic rings. The number of rotatable bonds is 4. The molecule has 0 unspecified atom stereocenters. The van der Waals surface area contributed by atoms with Gasteiger partial charge in [0.2, 0.25) is 0 Å². The zero-order valence-electron chi connectivity index (χ0n) is 7.43. The molecule has 0 aliphatic carbocycles. The van der Waals surface area contributed by atoms with Crippen LogP contribution in [-0.2, 0) is 22.7 Å². The van der Waals surface area contributed by atoms with Gasteiger partial charge in [-0.2, -0.15) is 9.59 Å². The number of nitrogens with zero attached hydrogens (tertiary/aromatic N) is 2. The highest BCUT2D eigenvalue weighted by Crippen LogP contribution is 2.03. The van der Waals surface area contributed by atoms with Crippen LogP contribution < -0.4 is 9.98 Å². The van der Waals surface area contributed by atoms with Gasteiger partial charge in [0.15, 0.2) is 0 Å². The van der Waals surface area contributed by atoms with E-state index in [1.165, 1.54) is 12.2 Å². The van der Waals surface area contributed by atoms with Crippen molar-refractivity contribution in [3.8, 4) is 0 Å². The number of hydrogen-bond donors (Lipinski definition) is 0. The summed E-state index contributed by atoms with van der Waals surface area (Å²) in [5, 5.41) is 0. The first-order chi connectivity index (χ1) is 6.86. The Kier molecular flexibility index (Phi) is 4.02. The predicted molar refractivity (Wildman–Crippen MR) is 49.5 cm³/mol. The van der Waals surface area contributed by atoms with E-state index in [0.29, 0.717) is 13.1 Å². The van der Waals surface area contributed by atoms with Gasteiger partial charge in [-0.05, 0) is 0 Å². The van der Waals surface area contributed by atoms with Crippen LogP contribution in [0, 0.1) is 0 Å². The Bertz CT molecular complexity index is 346. The minimum Gasteiger partial charge on any atom is -0.154 e. The van der Waals surface area contributed by atoms with Crippen LogP contribution in [0.25, 0.3) is 0 Å². The Morgan fingerprint density at radius 2 is 1.21 bits per heavy atom. The quantitative estimate of drug-likeness (QED) is 0.494. The van der Waals surface area contributed by atoms with Gasteiger partial charge in [0, 0.05) is 11.1 Å². The maximum atomic E-state index is 9.84. The summed E-state index contributed by atoms with van der Waals surface area (Å²) in [6.07, 6.45) is 2.94. The van der Waals surface area contributed by atoms with Crippen LogP contribution in [0.15, 0.2) is 24.3 Å². The summed E-state index contributed by atoms with van der Waals surface area (Å²) in [5.74, 6) is 0. The molecule has 0 amide bonds. The fraction of sp³-hybridized carbons (Fsp3) is 0.200. The number of isocyanates is 2. The average Bonchev–Trinajstić information content (AvgIpc) is 2.25. The lowest BCUT2D eigenvalue weighted by Crippen LogP contribution is -1.94. The van der Waals surface area contributed by atoms with E-state index in [1.54, 1.807) is 0 Å². The van der Waals surface area contributed by atoms with Crippen LogP contribution in [-0.4, -0.2) is 12.2 Å². The van der Waals surface area contributed by atoms with E-state index in [2.05, 4.69) is 9.98 Å². The van der Waals surface area contributed by atoms with Gasteiger partial charge in [0.05, 0.1) is 0 Å². The smallest absolute Gasteiger partial charge is 0.154 e. The maximum absolute atomic E-state index is 9.84. The van der Waals surface area contributed by atoms with Gasteiger partial charge in [0.1, 0.15) is 9.98 Å². The molecular formula is C10H8N2O2+2. The van der Waals surface area contributed by atoms with Gasteiger partial charge in [-0.15, -0.1) is 0 Å². The Balaban J connectivity index is 2.67. The molecule has 1 aromatic carbocycles. The summed E-state index contributed by atoms with van der Waals surface area (Å²) in [5.41, 5.74) is 1.85. The van der Waals surface area contributed by atoms with Crippen molar-refractivity contribution < 1.29 is 9.59 Å². The molecule has 0 bridgehead atoms. The topological polar surface area (TPSA) is 62.3 Å². The van der Waals surface area contributed by atoms with Crippen LogP contribution >= 0.6 is 0 Å². The van der Waals surface area contributed by atoms with Gasteiger partial charge in [-0.25, -0.2) is 0 Å². The third kappa shape index (κ3) is 3.15. The molecule has 0 saturated carbocycles. The lowest BCUT2D eigenvalue weighted by Gasteiger charge is -1.90. The van der Waals surface area contributed by atoms with Crippen LogP contribution in [0.2, 0.25) is 0 Å². The highest BCUT2D eigenvalue weighted by molar-refractivity contribution is 5.33. The predicted octanol–water partition coefficient (Wildman–Crippen LogP) is 0.0298. The SMILES string of the molecule is O=C=[N+]Cc1ccc(C[N+]=C=O)cc1. The first kappa shape index (κ1) is 10.1. The van der Waals surface area contributed by atoms with Gasteiger partial charge in [0.25, 0.3) is 13.1 Å². The van der Waals surface area contributed by atoms with Crippen LogP contribution in [0.5, 0.6) is 0 Å². The van der Waals surface area contributed by atoms with Crippen molar-refractivity contribution in [3.05, 3.63) is 35.4 Å². The van der Waals surface area contributed by atoms with Crippen molar-refractivity contribution in [1.82, 2.24) is 9.98 Å². The van der Waals surface area contributed by atoms with E-state index < -0.39 is 0 Å². The Morgan fingerprint density at radius 1 is 0.857 bits per heavy atom. The van der Waals surface area contributed by atoms with E-state index >= 15 is 0 Å². The molecule has 4 heteroatoms. The molecule has 0 heterocycles. The first-order valence-electron chi connectivity index (χ1n) is 4.02. The highest BCUT2D eigenvalue weighted by Gasteiger charge is 2.02. The summed E-state index contributed by atoms with van der Waals surface area (Å²) < 4.78 is 0. The third-order valence-corrected chi connectivity index (χ3v) is 1.68. The summed E-state index contributed by atoms with van der Waals surface area (Å²) in [6.45, 7) is 0.668. The summed E-state index contributed by atoms with van der Waals surface area (Å²) in [7, 11) is 0. The summed E-state index contributed by atoms with van der Waals surface area (Å²) >= 11 is 0. The molecule has 4 nitrogen and oxygen atoms in total. The molecule has 0 saturated heterocycles. The lowest BCUT2D eigenvalue weighted by atomic mass is 10.1. The number of hydrogen-bond acceptors (Lipinski definition) is 4. The van der Waals surface area contributed by atoms with Crippen molar-refractivity contribution in [2.45, 2.75) is 13.1 Å². The molecule has 2 radical (unpaired) electrons. The molecule has 1 rings (SSSR count). The van der Waals surface area contributed by atoms with Gasteiger partial charge in [-0.1, -0.05) is 24.3 Å². The monoisotopic (exact) mass is 188 g/mol. The molecule has 68 valence electrons. The summed E-state index contributed by atoms with van der Waals surface area (Å²) in [4.78, 5) is 26.6. The molecule has 0 aromatic heterocycles. The molecular weight excluding hydrogens is 180 g/mol. The number of benzene rings is 1. The number of aliphatic imine (C=N–C) groups is 2. The standard InChI is InChI=1S/C10H8N2O2/c13-7-11-5-9-1-2-10(4-3-9)6-12-8-14/h1-4H,5-6H2/q+2. The fourth-order valence-corrected chi connectivity index (χ4v) is 0.997. The second kappa shape index (κ2) is 5.60. The molecule has 0 fully saturated rings. The Labute approximate surface area is 81.0 Å². The van der Waals surface area contributed by atoms with Crippen molar-refractivity contribution in [2.75, 3.05) is 0 Å². The second-order valence-corrected chi connectivity index (χ2v) is 2.63. The molecule has 0 N–H and O–H groups in total. The van der Waals surface area contributed by atoms with Crippen molar-refractivity contribution in [2.24, 2.45) is 0 Å². The van der Waals surface area contributed by atoms with Gasteiger partial charge in [-0.3, -0.25) is 0 Å². The zero-order valence-corrected chi connectivity index (χ0v) is 7.43. The van der Waals surface area contributed by atoms with E-state index in [9.17, 15) is 9.59 Å². The molecule has 0 atom stereocenters. The zero-order chi connectivity index (χ0) is 10.2. The largest absolute Gasteiger partial charge is 0.496 e. The Morgan fingerprint density at radius 3 is 1.50 bits per heavy atom. The van der Waals surface area contributed by atoms with Crippen molar-refractivity contribution >= 4 is 12.2 Å². The fourth-order valence-electron chi connectivity index (χ4n) is 0.997. The third-order valence-electron chi connectivity index (χ3n) is 1.68. The molecule has 0 aliphatic heterocycles. The minimum absolute atomic E-state index is 0.334. The molecule has 14 heavy (non-hydrogen) atoms. The van der Waals surface area contributed by atoms with E-state index in [-0.39, 0.29) is 0 Å². The maximum Gasteiger partial charge on any atom is 0.496 e. The van der Waals surface area contributed by atoms with Gasteiger partial charge >= 0.3 is 12.2 Å². The van der Waals surface area contributed by atoms with Crippen LogP contribution in [0.1, 0.15) is 11.1 Å². The van der Waals surface area contributed by atoms with E-state index in [1.807, 2.05) is 24.3 Å². The van der Waals surface area contributed by atoms with Crippen LogP contribution in [0.3, 0.4) is 0 Å². The molecule has 0 spiro atoms. The molecule has 1 aromatic rings. The number of carbonyl (C=O) groups excluding carboxylic acids is 2. The minimum atomic E-state index is 0.334. The lowest BCUT2D eigenvalue weighted by molar-refractivity contribution is 0.558. The highest BCUT2D eigenvalue weighted by atomic mass is 16.1. The Hall–Kier alpha value is -2.02. The van der Waals surface area contributed by atoms with Crippen molar-refractivity contribution in [3.63, 3.8) is 0 Å².